The van der Waals surface area contributed by atoms with Crippen molar-refractivity contribution in [2.75, 3.05) is 18.2 Å². The van der Waals surface area contributed by atoms with E-state index in [9.17, 15) is 4.79 Å². The minimum absolute atomic E-state index is 0.111. The normalized spacial score (nSPS) is 10.6. The van der Waals surface area contributed by atoms with Gasteiger partial charge in [0.1, 0.15) is 18.1 Å². The fraction of sp³-hybridized carbons (Fsp3) is 0.192. The second-order valence-electron chi connectivity index (χ2n) is 7.41. The number of aromatic nitrogens is 3. The van der Waals surface area contributed by atoms with Crippen LogP contribution in [0.5, 0.6) is 11.5 Å². The Bertz CT molecular complexity index is 1210. The summed E-state index contributed by atoms with van der Waals surface area (Å²) in [6, 6.07) is 25.0. The molecule has 0 spiro atoms. The molecule has 0 bridgehead atoms. The van der Waals surface area contributed by atoms with E-state index in [0.717, 1.165) is 28.5 Å². The van der Waals surface area contributed by atoms with Gasteiger partial charge in [0.25, 0.3) is 0 Å². The third-order valence-electron chi connectivity index (χ3n) is 5.10. The summed E-state index contributed by atoms with van der Waals surface area (Å²) < 4.78 is 13.0. The number of hydrogen-bond acceptors (Lipinski definition) is 6. The first-order chi connectivity index (χ1) is 16.7. The maximum atomic E-state index is 12.5. The van der Waals surface area contributed by atoms with Crippen LogP contribution in [-0.2, 0) is 17.9 Å². The first-order valence-electron chi connectivity index (χ1n) is 10.9. The fourth-order valence-corrected chi connectivity index (χ4v) is 4.14. The summed E-state index contributed by atoms with van der Waals surface area (Å²) in [5.74, 6) is 2.41. The highest BCUT2D eigenvalue weighted by Gasteiger charge is 2.15. The van der Waals surface area contributed by atoms with E-state index >= 15 is 0 Å². The average Bonchev–Trinajstić information content (AvgIpc) is 3.30. The maximum Gasteiger partial charge on any atom is 0.234 e. The summed E-state index contributed by atoms with van der Waals surface area (Å²) in [6.45, 7) is 3.23. The van der Waals surface area contributed by atoms with Gasteiger partial charge in [-0.3, -0.25) is 4.79 Å². The standard InChI is InChI=1S/C26H26N4O3S/c1-3-30-25(20-9-13-22(32-2)14-10-20)28-29-26(30)34-18-24(31)27-21-11-15-23(16-12-21)33-17-19-7-5-4-6-8-19/h4-16H,3,17-18H2,1-2H3,(H,27,31). The van der Waals surface area contributed by atoms with Crippen LogP contribution in [0.1, 0.15) is 12.5 Å². The Hall–Kier alpha value is -3.78. The number of anilines is 1. The fourth-order valence-electron chi connectivity index (χ4n) is 3.34. The summed E-state index contributed by atoms with van der Waals surface area (Å²) in [7, 11) is 1.64. The lowest BCUT2D eigenvalue weighted by Crippen LogP contribution is -2.14. The van der Waals surface area contributed by atoms with Gasteiger partial charge in [-0.25, -0.2) is 0 Å². The van der Waals surface area contributed by atoms with Crippen LogP contribution in [0.4, 0.5) is 5.69 Å². The first-order valence-corrected chi connectivity index (χ1v) is 11.9. The van der Waals surface area contributed by atoms with Crippen LogP contribution < -0.4 is 14.8 Å². The van der Waals surface area contributed by atoms with Crippen LogP contribution in [0.2, 0.25) is 0 Å². The highest BCUT2D eigenvalue weighted by atomic mass is 32.2. The number of benzene rings is 3. The van der Waals surface area contributed by atoms with Crippen molar-refractivity contribution in [3.05, 3.63) is 84.4 Å². The van der Waals surface area contributed by atoms with Gasteiger partial charge < -0.3 is 19.4 Å². The van der Waals surface area contributed by atoms with Gasteiger partial charge in [-0.2, -0.15) is 0 Å². The second kappa shape index (κ2) is 11.4. The Morgan fingerprint density at radius 2 is 1.65 bits per heavy atom. The molecule has 0 fully saturated rings. The number of carbonyl (C=O) groups is 1. The number of nitrogens with zero attached hydrogens (tertiary/aromatic N) is 3. The Kier molecular flexibility index (Phi) is 7.83. The van der Waals surface area contributed by atoms with E-state index in [1.165, 1.54) is 11.8 Å². The van der Waals surface area contributed by atoms with E-state index in [1.54, 1.807) is 7.11 Å². The Morgan fingerprint density at radius 3 is 2.32 bits per heavy atom. The lowest BCUT2D eigenvalue weighted by atomic mass is 10.2. The molecule has 1 N–H and O–H groups in total. The van der Waals surface area contributed by atoms with Crippen LogP contribution in [0.3, 0.4) is 0 Å². The van der Waals surface area contributed by atoms with Crippen molar-refractivity contribution in [3.8, 4) is 22.9 Å². The number of thioether (sulfide) groups is 1. The SMILES string of the molecule is CCn1c(SCC(=O)Nc2ccc(OCc3ccccc3)cc2)nnc1-c1ccc(OC)cc1. The van der Waals surface area contributed by atoms with Crippen molar-refractivity contribution in [3.63, 3.8) is 0 Å². The molecule has 0 atom stereocenters. The third kappa shape index (κ3) is 5.96. The van der Waals surface area contributed by atoms with Crippen LogP contribution in [0.15, 0.2) is 84.0 Å². The highest BCUT2D eigenvalue weighted by molar-refractivity contribution is 7.99. The topological polar surface area (TPSA) is 78.3 Å². The van der Waals surface area contributed by atoms with E-state index in [4.69, 9.17) is 9.47 Å². The lowest BCUT2D eigenvalue weighted by Gasteiger charge is -2.09. The molecule has 0 aliphatic carbocycles. The number of carbonyl (C=O) groups excluding carboxylic acids is 1. The molecule has 4 aromatic rings. The Morgan fingerprint density at radius 1 is 0.941 bits per heavy atom. The third-order valence-corrected chi connectivity index (χ3v) is 6.07. The number of methoxy groups -OCH3 is 1. The number of rotatable bonds is 10. The summed E-state index contributed by atoms with van der Waals surface area (Å²) in [5, 5.41) is 12.2. The van der Waals surface area contributed by atoms with Crippen LogP contribution in [-0.4, -0.2) is 33.5 Å². The van der Waals surface area contributed by atoms with Crippen LogP contribution in [0.25, 0.3) is 11.4 Å². The number of ether oxygens (including phenoxy) is 2. The molecule has 3 aromatic carbocycles. The van der Waals surface area contributed by atoms with Gasteiger partial charge in [0.05, 0.1) is 12.9 Å². The smallest absolute Gasteiger partial charge is 0.234 e. The molecule has 174 valence electrons. The minimum Gasteiger partial charge on any atom is -0.497 e. The van der Waals surface area contributed by atoms with Crippen molar-refractivity contribution in [1.29, 1.82) is 0 Å². The summed E-state index contributed by atoms with van der Waals surface area (Å²) in [6.07, 6.45) is 0. The lowest BCUT2D eigenvalue weighted by molar-refractivity contribution is -0.113. The molecule has 7 nitrogen and oxygen atoms in total. The van der Waals surface area contributed by atoms with E-state index in [1.807, 2.05) is 90.4 Å². The van der Waals surface area contributed by atoms with Gasteiger partial charge in [0.15, 0.2) is 11.0 Å². The summed E-state index contributed by atoms with van der Waals surface area (Å²) in [5.41, 5.74) is 2.77. The molecule has 0 saturated heterocycles. The number of nitrogens with one attached hydrogen (secondary N) is 1. The zero-order valence-electron chi connectivity index (χ0n) is 19.1. The average molecular weight is 475 g/mol. The molecular formula is C26H26N4O3S. The molecule has 0 unspecified atom stereocenters. The largest absolute Gasteiger partial charge is 0.497 e. The van der Waals surface area contributed by atoms with Crippen LogP contribution >= 0.6 is 11.8 Å². The van der Waals surface area contributed by atoms with Crippen molar-refractivity contribution in [2.24, 2.45) is 0 Å². The number of hydrogen-bond donors (Lipinski definition) is 1. The Balaban J connectivity index is 1.31. The maximum absolute atomic E-state index is 12.5. The molecule has 4 rings (SSSR count). The van der Waals surface area contributed by atoms with Crippen molar-refractivity contribution in [2.45, 2.75) is 25.2 Å². The predicted octanol–water partition coefficient (Wildman–Crippen LogP) is 5.28. The van der Waals surface area contributed by atoms with Crippen molar-refractivity contribution >= 4 is 23.4 Å². The van der Waals surface area contributed by atoms with E-state index in [0.29, 0.717) is 24.0 Å². The molecular weight excluding hydrogens is 448 g/mol. The van der Waals surface area contributed by atoms with Gasteiger partial charge in [-0.1, -0.05) is 42.1 Å². The van der Waals surface area contributed by atoms with Gasteiger partial charge in [-0.15, -0.1) is 10.2 Å². The second-order valence-corrected chi connectivity index (χ2v) is 8.36. The highest BCUT2D eigenvalue weighted by Crippen LogP contribution is 2.26. The molecule has 0 radical (unpaired) electrons. The molecule has 1 amide bonds. The summed E-state index contributed by atoms with van der Waals surface area (Å²) in [4.78, 5) is 12.5. The summed E-state index contributed by atoms with van der Waals surface area (Å²) >= 11 is 1.36. The Labute approximate surface area is 203 Å². The molecule has 0 aliphatic rings. The quantitative estimate of drug-likeness (QED) is 0.315. The van der Waals surface area contributed by atoms with Gasteiger partial charge >= 0.3 is 0 Å². The van der Waals surface area contributed by atoms with Gasteiger partial charge in [0, 0.05) is 17.8 Å². The molecule has 0 saturated carbocycles. The molecule has 0 aliphatic heterocycles. The van der Waals surface area contributed by atoms with Gasteiger partial charge in [-0.05, 0) is 61.0 Å². The van der Waals surface area contributed by atoms with E-state index < -0.39 is 0 Å². The van der Waals surface area contributed by atoms with Crippen LogP contribution in [0, 0.1) is 0 Å². The van der Waals surface area contributed by atoms with Crippen molar-refractivity contribution in [1.82, 2.24) is 14.8 Å². The zero-order valence-corrected chi connectivity index (χ0v) is 19.9. The molecule has 1 aromatic heterocycles. The monoisotopic (exact) mass is 474 g/mol. The van der Waals surface area contributed by atoms with E-state index in [2.05, 4.69) is 15.5 Å². The number of amides is 1. The molecule has 8 heteroatoms. The van der Waals surface area contributed by atoms with E-state index in [-0.39, 0.29) is 11.7 Å². The molecule has 1 heterocycles. The first kappa shape index (κ1) is 23.4. The van der Waals surface area contributed by atoms with Crippen molar-refractivity contribution < 1.29 is 14.3 Å². The predicted molar refractivity (Wildman–Crippen MR) is 134 cm³/mol. The van der Waals surface area contributed by atoms with Gasteiger partial charge in [0.2, 0.25) is 5.91 Å². The molecule has 34 heavy (non-hydrogen) atoms. The minimum atomic E-state index is -0.111. The zero-order chi connectivity index (χ0) is 23.8.